The van der Waals surface area contributed by atoms with Gasteiger partial charge in [-0.1, -0.05) is 21.6 Å². The fourth-order valence-corrected chi connectivity index (χ4v) is 3.45. The van der Waals surface area contributed by atoms with Crippen LogP contribution in [0.5, 0.6) is 11.5 Å². The summed E-state index contributed by atoms with van der Waals surface area (Å²) in [6.07, 6.45) is 0. The topological polar surface area (TPSA) is 40.5 Å². The molecule has 2 N–H and O–H groups in total. The minimum Gasteiger partial charge on any atom is -0.508 e. The van der Waals surface area contributed by atoms with Crippen molar-refractivity contribution in [3.8, 4) is 11.5 Å². The van der Waals surface area contributed by atoms with Crippen LogP contribution < -0.4 is 0 Å². The summed E-state index contributed by atoms with van der Waals surface area (Å²) in [4.78, 5) is 0. The molecule has 0 bridgehead atoms. The smallest absolute Gasteiger partial charge is 0.120 e. The Balaban J connectivity index is 2.57. The lowest BCUT2D eigenvalue weighted by Gasteiger charge is -2.16. The SMILES string of the molecule is Oc1ccc(O)c2c1CSSC2. The highest BCUT2D eigenvalue weighted by atomic mass is 33.1. The summed E-state index contributed by atoms with van der Waals surface area (Å²) in [5, 5.41) is 18.9. The molecule has 2 nitrogen and oxygen atoms in total. The third kappa shape index (κ3) is 1.25. The maximum Gasteiger partial charge on any atom is 0.120 e. The molecule has 0 saturated heterocycles. The number of phenols is 2. The third-order valence-corrected chi connectivity index (χ3v) is 4.06. The van der Waals surface area contributed by atoms with Crippen molar-refractivity contribution in [3.05, 3.63) is 23.3 Å². The van der Waals surface area contributed by atoms with Gasteiger partial charge in [0.2, 0.25) is 0 Å². The Morgan fingerprint density at radius 1 is 0.917 bits per heavy atom. The normalized spacial score (nSPS) is 15.7. The highest BCUT2D eigenvalue weighted by molar-refractivity contribution is 8.76. The molecule has 0 aromatic heterocycles. The van der Waals surface area contributed by atoms with Crippen LogP contribution in [0.1, 0.15) is 11.1 Å². The number of phenolic OH excluding ortho intramolecular Hbond substituents is 2. The Morgan fingerprint density at radius 2 is 1.33 bits per heavy atom. The first-order chi connectivity index (χ1) is 5.79. The van der Waals surface area contributed by atoms with Gasteiger partial charge in [-0.3, -0.25) is 0 Å². The number of hydrogen-bond donors (Lipinski definition) is 2. The van der Waals surface area contributed by atoms with Gasteiger partial charge in [0.15, 0.2) is 0 Å². The van der Waals surface area contributed by atoms with Crippen molar-refractivity contribution in [1.29, 1.82) is 0 Å². The van der Waals surface area contributed by atoms with Crippen LogP contribution in [0, 0.1) is 0 Å². The Bertz CT molecular complexity index is 281. The molecule has 1 aliphatic rings. The van der Waals surface area contributed by atoms with Crippen LogP contribution in [0.4, 0.5) is 0 Å². The number of hydrogen-bond acceptors (Lipinski definition) is 4. The molecule has 0 amide bonds. The van der Waals surface area contributed by atoms with Crippen molar-refractivity contribution in [1.82, 2.24) is 0 Å². The van der Waals surface area contributed by atoms with Crippen molar-refractivity contribution in [2.75, 3.05) is 0 Å². The molecular weight excluding hydrogens is 192 g/mol. The second-order valence-electron chi connectivity index (χ2n) is 2.59. The molecule has 1 heterocycles. The average Bonchev–Trinajstić information content (AvgIpc) is 2.12. The van der Waals surface area contributed by atoms with Gasteiger partial charge in [-0.15, -0.1) is 0 Å². The van der Waals surface area contributed by atoms with Gasteiger partial charge in [0.25, 0.3) is 0 Å². The summed E-state index contributed by atoms with van der Waals surface area (Å²) >= 11 is 0. The lowest BCUT2D eigenvalue weighted by Crippen LogP contribution is -1.95. The van der Waals surface area contributed by atoms with Gasteiger partial charge in [0.1, 0.15) is 11.5 Å². The number of benzene rings is 1. The fraction of sp³-hybridized carbons (Fsp3) is 0.250. The van der Waals surface area contributed by atoms with E-state index in [1.807, 2.05) is 0 Å². The minimum absolute atomic E-state index is 0.301. The molecule has 64 valence electrons. The minimum atomic E-state index is 0.301. The summed E-state index contributed by atoms with van der Waals surface area (Å²) in [5.74, 6) is 2.16. The third-order valence-electron chi connectivity index (χ3n) is 1.87. The van der Waals surface area contributed by atoms with Gasteiger partial charge in [-0.05, 0) is 12.1 Å². The van der Waals surface area contributed by atoms with E-state index in [2.05, 4.69) is 0 Å². The maximum absolute atomic E-state index is 9.45. The van der Waals surface area contributed by atoms with Crippen LogP contribution in [-0.4, -0.2) is 10.2 Å². The van der Waals surface area contributed by atoms with Crippen LogP contribution in [0.3, 0.4) is 0 Å². The first-order valence-corrected chi connectivity index (χ1v) is 6.05. The van der Waals surface area contributed by atoms with Crippen molar-refractivity contribution in [3.63, 3.8) is 0 Å². The van der Waals surface area contributed by atoms with Gasteiger partial charge < -0.3 is 10.2 Å². The van der Waals surface area contributed by atoms with Crippen LogP contribution >= 0.6 is 21.6 Å². The quantitative estimate of drug-likeness (QED) is 0.498. The van der Waals surface area contributed by atoms with Crippen molar-refractivity contribution >= 4 is 21.6 Å². The summed E-state index contributed by atoms with van der Waals surface area (Å²) < 4.78 is 0. The molecule has 0 unspecified atom stereocenters. The average molecular weight is 200 g/mol. The zero-order valence-corrected chi connectivity index (χ0v) is 7.91. The van der Waals surface area contributed by atoms with E-state index in [9.17, 15) is 10.2 Å². The van der Waals surface area contributed by atoms with Gasteiger partial charge in [-0.2, -0.15) is 0 Å². The van der Waals surface area contributed by atoms with Gasteiger partial charge in [-0.25, -0.2) is 0 Å². The van der Waals surface area contributed by atoms with Crippen LogP contribution in [0.15, 0.2) is 12.1 Å². The fourth-order valence-electron chi connectivity index (χ4n) is 1.19. The van der Waals surface area contributed by atoms with Crippen molar-refractivity contribution < 1.29 is 10.2 Å². The molecule has 1 aromatic carbocycles. The standard InChI is InChI=1S/C8H8O2S2/c9-7-1-2-8(10)6-4-12-11-3-5(6)7/h1-2,9-10H,3-4H2. The van der Waals surface area contributed by atoms with E-state index in [4.69, 9.17) is 0 Å². The van der Waals surface area contributed by atoms with E-state index < -0.39 is 0 Å². The second kappa shape index (κ2) is 3.11. The van der Waals surface area contributed by atoms with Crippen LogP contribution in [0.25, 0.3) is 0 Å². The number of rotatable bonds is 0. The largest absolute Gasteiger partial charge is 0.508 e. The Morgan fingerprint density at radius 3 is 1.75 bits per heavy atom. The molecule has 4 heteroatoms. The first kappa shape index (κ1) is 8.13. The van der Waals surface area contributed by atoms with E-state index in [1.165, 1.54) is 0 Å². The molecule has 0 fully saturated rings. The van der Waals surface area contributed by atoms with E-state index in [1.54, 1.807) is 33.7 Å². The molecule has 0 atom stereocenters. The molecule has 2 rings (SSSR count). The molecule has 1 aromatic rings. The molecular formula is C8H8O2S2. The monoisotopic (exact) mass is 200 g/mol. The highest BCUT2D eigenvalue weighted by Gasteiger charge is 2.16. The highest BCUT2D eigenvalue weighted by Crippen LogP contribution is 2.43. The predicted molar refractivity (Wildman–Crippen MR) is 52.4 cm³/mol. The Hall–Kier alpha value is -0.480. The van der Waals surface area contributed by atoms with Gasteiger partial charge in [0, 0.05) is 22.6 Å². The summed E-state index contributed by atoms with van der Waals surface area (Å²) in [5.41, 5.74) is 1.78. The lowest BCUT2D eigenvalue weighted by molar-refractivity contribution is 0.452. The molecule has 1 aliphatic heterocycles. The molecule has 0 radical (unpaired) electrons. The summed E-state index contributed by atoms with van der Waals surface area (Å²) in [6.45, 7) is 0. The Labute approximate surface area is 78.4 Å². The predicted octanol–water partition coefficient (Wildman–Crippen LogP) is 2.49. The van der Waals surface area contributed by atoms with Crippen LogP contribution in [0.2, 0.25) is 0 Å². The number of fused-ring (bicyclic) bond motifs is 1. The molecule has 0 spiro atoms. The molecule has 0 aliphatic carbocycles. The van der Waals surface area contributed by atoms with E-state index >= 15 is 0 Å². The first-order valence-electron chi connectivity index (χ1n) is 3.56. The molecule has 0 saturated carbocycles. The molecule has 12 heavy (non-hydrogen) atoms. The lowest BCUT2D eigenvalue weighted by atomic mass is 10.1. The van der Waals surface area contributed by atoms with Gasteiger partial charge in [0.05, 0.1) is 0 Å². The maximum atomic E-state index is 9.45. The zero-order valence-electron chi connectivity index (χ0n) is 6.28. The van der Waals surface area contributed by atoms with Crippen molar-refractivity contribution in [2.45, 2.75) is 11.5 Å². The zero-order chi connectivity index (χ0) is 8.55. The second-order valence-corrected chi connectivity index (χ2v) is 5.05. The summed E-state index contributed by atoms with van der Waals surface area (Å²) in [7, 11) is 3.41. The summed E-state index contributed by atoms with van der Waals surface area (Å²) in [6, 6.07) is 3.09. The van der Waals surface area contributed by atoms with Crippen molar-refractivity contribution in [2.24, 2.45) is 0 Å². The van der Waals surface area contributed by atoms with E-state index in [-0.39, 0.29) is 0 Å². The van der Waals surface area contributed by atoms with E-state index in [0.717, 1.165) is 22.6 Å². The van der Waals surface area contributed by atoms with Gasteiger partial charge >= 0.3 is 0 Å². The van der Waals surface area contributed by atoms with E-state index in [0.29, 0.717) is 11.5 Å². The number of aromatic hydroxyl groups is 2. The van der Waals surface area contributed by atoms with Crippen LogP contribution in [-0.2, 0) is 11.5 Å². The Kier molecular flexibility index (Phi) is 2.11.